The summed E-state index contributed by atoms with van der Waals surface area (Å²) in [5.41, 5.74) is 1.25. The highest BCUT2D eigenvalue weighted by molar-refractivity contribution is 5.96. The molecule has 0 fully saturated rings. The SMILES string of the molecule is COc1cc(-c2ncc(F)cn2)cc2c(NC(C)c3nnc(C)o3)ncnc12. The number of hydrogen-bond donors (Lipinski definition) is 1. The van der Waals surface area contributed by atoms with E-state index in [9.17, 15) is 4.39 Å². The number of fused-ring (bicyclic) bond motifs is 1. The Morgan fingerprint density at radius 1 is 1.11 bits per heavy atom. The molecule has 0 aliphatic carbocycles. The Morgan fingerprint density at radius 2 is 1.89 bits per heavy atom. The molecule has 1 aromatic carbocycles. The van der Waals surface area contributed by atoms with Crippen molar-refractivity contribution in [3.05, 3.63) is 48.5 Å². The maximum atomic E-state index is 13.2. The number of aryl methyl sites for hydroxylation is 1. The summed E-state index contributed by atoms with van der Waals surface area (Å²) in [5.74, 6) is 1.84. The van der Waals surface area contributed by atoms with Crippen molar-refractivity contribution >= 4 is 16.7 Å². The fourth-order valence-electron chi connectivity index (χ4n) is 2.75. The molecule has 0 bridgehead atoms. The molecule has 142 valence electrons. The van der Waals surface area contributed by atoms with Crippen LogP contribution in [-0.2, 0) is 0 Å². The molecule has 4 aromatic rings. The van der Waals surface area contributed by atoms with Gasteiger partial charge in [0.05, 0.1) is 19.5 Å². The van der Waals surface area contributed by atoms with E-state index in [-0.39, 0.29) is 6.04 Å². The maximum Gasteiger partial charge on any atom is 0.238 e. The van der Waals surface area contributed by atoms with Crippen LogP contribution in [0, 0.1) is 12.7 Å². The lowest BCUT2D eigenvalue weighted by Crippen LogP contribution is -2.09. The van der Waals surface area contributed by atoms with Crippen molar-refractivity contribution in [3.63, 3.8) is 0 Å². The first kappa shape index (κ1) is 17.7. The predicted octanol–water partition coefficient (Wildman–Crippen LogP) is 3.10. The first-order chi connectivity index (χ1) is 13.5. The summed E-state index contributed by atoms with van der Waals surface area (Å²) in [5, 5.41) is 11.8. The predicted molar refractivity (Wildman–Crippen MR) is 98.1 cm³/mol. The monoisotopic (exact) mass is 381 g/mol. The molecule has 9 nitrogen and oxygen atoms in total. The van der Waals surface area contributed by atoms with Gasteiger partial charge < -0.3 is 14.5 Å². The van der Waals surface area contributed by atoms with E-state index in [1.54, 1.807) is 20.1 Å². The number of anilines is 1. The highest BCUT2D eigenvalue weighted by Crippen LogP contribution is 2.33. The van der Waals surface area contributed by atoms with Crippen molar-refractivity contribution in [1.29, 1.82) is 0 Å². The van der Waals surface area contributed by atoms with Crippen LogP contribution in [0.1, 0.15) is 24.7 Å². The number of nitrogens with one attached hydrogen (secondary N) is 1. The van der Waals surface area contributed by atoms with Gasteiger partial charge in [-0.2, -0.15) is 0 Å². The number of hydrogen-bond acceptors (Lipinski definition) is 9. The fourth-order valence-corrected chi connectivity index (χ4v) is 2.75. The summed E-state index contributed by atoms with van der Waals surface area (Å²) in [6.45, 7) is 3.61. The molecule has 0 spiro atoms. The van der Waals surface area contributed by atoms with Gasteiger partial charge >= 0.3 is 0 Å². The molecule has 10 heteroatoms. The molecule has 3 heterocycles. The molecule has 1 atom stereocenters. The molecule has 1 N–H and O–H groups in total. The minimum atomic E-state index is -0.508. The Bertz CT molecular complexity index is 1130. The number of halogens is 1. The van der Waals surface area contributed by atoms with Gasteiger partial charge in [0.25, 0.3) is 0 Å². The third kappa shape index (κ3) is 3.31. The summed E-state index contributed by atoms with van der Waals surface area (Å²) in [4.78, 5) is 16.7. The molecule has 0 aliphatic rings. The quantitative estimate of drug-likeness (QED) is 0.557. The lowest BCUT2D eigenvalue weighted by Gasteiger charge is -2.14. The highest BCUT2D eigenvalue weighted by Gasteiger charge is 2.17. The van der Waals surface area contributed by atoms with Gasteiger partial charge in [0, 0.05) is 17.9 Å². The Morgan fingerprint density at radius 3 is 2.57 bits per heavy atom. The van der Waals surface area contributed by atoms with E-state index in [4.69, 9.17) is 9.15 Å². The largest absolute Gasteiger partial charge is 0.494 e. The van der Waals surface area contributed by atoms with Gasteiger partial charge in [-0.1, -0.05) is 0 Å². The van der Waals surface area contributed by atoms with Crippen LogP contribution in [0.5, 0.6) is 5.75 Å². The average Bonchev–Trinajstić information content (AvgIpc) is 3.14. The number of aromatic nitrogens is 6. The third-order valence-electron chi connectivity index (χ3n) is 4.07. The van der Waals surface area contributed by atoms with Gasteiger partial charge in [-0.25, -0.2) is 24.3 Å². The van der Waals surface area contributed by atoms with Gasteiger partial charge in [0.2, 0.25) is 11.8 Å². The standard InChI is InChI=1S/C18H16FN7O2/c1-9(18-26-25-10(2)28-18)24-17-13-4-11(16-20-6-12(19)7-21-16)5-14(27-3)15(13)22-8-23-17/h4-9H,1-3H3,(H,22,23,24). The van der Waals surface area contributed by atoms with E-state index >= 15 is 0 Å². The molecular formula is C18H16FN7O2. The third-order valence-corrected chi connectivity index (χ3v) is 4.07. The Labute approximate surface area is 159 Å². The van der Waals surface area contributed by atoms with Crippen molar-refractivity contribution in [2.45, 2.75) is 19.9 Å². The topological polar surface area (TPSA) is 112 Å². The molecule has 1 unspecified atom stereocenters. The van der Waals surface area contributed by atoms with Gasteiger partial charge in [-0.15, -0.1) is 10.2 Å². The van der Waals surface area contributed by atoms with Crippen LogP contribution in [-0.4, -0.2) is 37.2 Å². The number of methoxy groups -OCH3 is 1. The minimum absolute atomic E-state index is 0.281. The van der Waals surface area contributed by atoms with Crippen molar-refractivity contribution in [1.82, 2.24) is 30.1 Å². The Kier molecular flexibility index (Phi) is 4.52. The van der Waals surface area contributed by atoms with Gasteiger partial charge in [0.1, 0.15) is 29.5 Å². The second-order valence-corrected chi connectivity index (χ2v) is 6.05. The van der Waals surface area contributed by atoms with E-state index in [2.05, 4.69) is 35.5 Å². The van der Waals surface area contributed by atoms with Gasteiger partial charge in [-0.3, -0.25) is 0 Å². The van der Waals surface area contributed by atoms with Gasteiger partial charge in [-0.05, 0) is 19.1 Å². The first-order valence-electron chi connectivity index (χ1n) is 8.42. The second kappa shape index (κ2) is 7.14. The van der Waals surface area contributed by atoms with Crippen molar-refractivity contribution in [2.24, 2.45) is 0 Å². The fraction of sp³-hybridized carbons (Fsp3) is 0.222. The Hall–Kier alpha value is -3.69. The van der Waals surface area contributed by atoms with Crippen LogP contribution in [0.25, 0.3) is 22.3 Å². The van der Waals surface area contributed by atoms with E-state index in [0.717, 1.165) is 12.4 Å². The average molecular weight is 381 g/mol. The highest BCUT2D eigenvalue weighted by atomic mass is 19.1. The molecule has 3 aromatic heterocycles. The van der Waals surface area contributed by atoms with Crippen molar-refractivity contribution < 1.29 is 13.5 Å². The zero-order chi connectivity index (χ0) is 19.7. The number of ether oxygens (including phenoxy) is 1. The molecular weight excluding hydrogens is 365 g/mol. The molecule has 0 saturated carbocycles. The molecule has 0 amide bonds. The van der Waals surface area contributed by atoms with Crippen LogP contribution in [0.3, 0.4) is 0 Å². The zero-order valence-electron chi connectivity index (χ0n) is 15.3. The van der Waals surface area contributed by atoms with Crippen LogP contribution in [0.4, 0.5) is 10.2 Å². The number of nitrogens with zero attached hydrogens (tertiary/aromatic N) is 6. The lowest BCUT2D eigenvalue weighted by atomic mass is 10.1. The first-order valence-corrected chi connectivity index (χ1v) is 8.42. The van der Waals surface area contributed by atoms with Crippen LogP contribution >= 0.6 is 0 Å². The van der Waals surface area contributed by atoms with E-state index in [0.29, 0.717) is 45.6 Å². The van der Waals surface area contributed by atoms with Gasteiger partial charge in [0.15, 0.2) is 11.6 Å². The second-order valence-electron chi connectivity index (χ2n) is 6.05. The van der Waals surface area contributed by atoms with Crippen LogP contribution < -0.4 is 10.1 Å². The Balaban J connectivity index is 1.80. The van der Waals surface area contributed by atoms with Crippen LogP contribution in [0.2, 0.25) is 0 Å². The van der Waals surface area contributed by atoms with E-state index in [1.807, 2.05) is 13.0 Å². The normalized spacial score (nSPS) is 12.1. The van der Waals surface area contributed by atoms with Crippen molar-refractivity contribution in [2.75, 3.05) is 12.4 Å². The smallest absolute Gasteiger partial charge is 0.238 e. The number of benzene rings is 1. The molecule has 4 rings (SSSR count). The molecule has 0 radical (unpaired) electrons. The summed E-state index contributed by atoms with van der Waals surface area (Å²) in [7, 11) is 1.54. The lowest BCUT2D eigenvalue weighted by molar-refractivity contribution is 0.419. The molecule has 0 saturated heterocycles. The summed E-state index contributed by atoms with van der Waals surface area (Å²) < 4.78 is 24.1. The summed E-state index contributed by atoms with van der Waals surface area (Å²) >= 11 is 0. The maximum absolute atomic E-state index is 13.2. The van der Waals surface area contributed by atoms with Crippen molar-refractivity contribution in [3.8, 4) is 17.1 Å². The van der Waals surface area contributed by atoms with E-state index < -0.39 is 5.82 Å². The summed E-state index contributed by atoms with van der Waals surface area (Å²) in [6, 6.07) is 3.28. The minimum Gasteiger partial charge on any atom is -0.494 e. The summed E-state index contributed by atoms with van der Waals surface area (Å²) in [6.07, 6.45) is 3.66. The van der Waals surface area contributed by atoms with Crippen LogP contribution in [0.15, 0.2) is 35.3 Å². The molecule has 28 heavy (non-hydrogen) atoms. The molecule has 0 aliphatic heterocycles. The zero-order valence-corrected chi connectivity index (χ0v) is 15.3. The van der Waals surface area contributed by atoms with E-state index in [1.165, 1.54) is 6.33 Å². The number of rotatable bonds is 5.